The van der Waals surface area contributed by atoms with Gasteiger partial charge in [-0.3, -0.25) is 0 Å². The summed E-state index contributed by atoms with van der Waals surface area (Å²) in [6.07, 6.45) is 0. The number of hydrogen-bond donors (Lipinski definition) is 3. The van der Waals surface area contributed by atoms with Crippen LogP contribution in [0.3, 0.4) is 0 Å². The van der Waals surface area contributed by atoms with Crippen molar-refractivity contribution >= 4 is 32.5 Å². The van der Waals surface area contributed by atoms with Gasteiger partial charge in [0.05, 0.1) is 0 Å². The van der Waals surface area contributed by atoms with E-state index >= 15 is 0 Å². The molecule has 0 aromatic rings. The Labute approximate surface area is 45.9 Å². The monoisotopic (exact) mass is 224 g/mol. The van der Waals surface area contributed by atoms with Gasteiger partial charge in [-0.2, -0.15) is 0 Å². The molecule has 0 atom stereocenters. The van der Waals surface area contributed by atoms with Crippen molar-refractivity contribution < 1.29 is 13.2 Å². The summed E-state index contributed by atoms with van der Waals surface area (Å²) in [5, 5.41) is 0. The average Bonchev–Trinajstić information content (AvgIpc) is 0.722. The zero-order valence-electron chi connectivity index (χ0n) is 2.61. The second-order valence-electron chi connectivity index (χ2n) is 0.513. The van der Waals surface area contributed by atoms with Gasteiger partial charge in [-0.15, -0.1) is 12.4 Å². The predicted octanol–water partition coefficient (Wildman–Crippen LogP) is -1.75. The number of hydrogen-bond acceptors (Lipinski definition) is 1. The molecule has 0 saturated heterocycles. The van der Waals surface area contributed by atoms with Gasteiger partial charge >= 0.3 is 33.2 Å². The number of halogens is 1. The van der Waals surface area contributed by atoms with Crippen LogP contribution in [0, 0.1) is 0 Å². The molecule has 0 saturated carbocycles. The van der Waals surface area contributed by atoms with Crippen LogP contribution in [-0.4, -0.2) is 30.2 Å². The molecule has 0 unspecified atom stereocenters. The van der Waals surface area contributed by atoms with E-state index in [1.807, 2.05) is 0 Å². The van der Waals surface area contributed by atoms with E-state index in [9.17, 15) is 0 Å². The van der Waals surface area contributed by atoms with E-state index in [0.29, 0.717) is 0 Å². The van der Waals surface area contributed by atoms with Gasteiger partial charge in [-0.25, -0.2) is 0 Å². The van der Waals surface area contributed by atoms with Crippen LogP contribution in [0.2, 0.25) is 0 Å². The van der Waals surface area contributed by atoms with Crippen molar-refractivity contribution in [3.05, 3.63) is 0 Å². The molecule has 0 heterocycles. The van der Waals surface area contributed by atoms with E-state index in [1.54, 1.807) is 0 Å². The van der Waals surface area contributed by atoms with Gasteiger partial charge in [0.2, 0.25) is 0 Å². The van der Waals surface area contributed by atoms with Crippen molar-refractivity contribution in [3.8, 4) is 0 Å². The van der Waals surface area contributed by atoms with Gasteiger partial charge in [0, 0.05) is 0 Å². The summed E-state index contributed by atoms with van der Waals surface area (Å²) in [7, 11) is 0. The van der Waals surface area contributed by atoms with Crippen LogP contribution in [0.4, 0.5) is 0 Å². The Morgan fingerprint density at radius 2 is 1.17 bits per heavy atom. The van der Waals surface area contributed by atoms with Crippen molar-refractivity contribution in [1.82, 2.24) is 0 Å². The summed E-state index contributed by atoms with van der Waals surface area (Å²) < 4.78 is 30.8. The van der Waals surface area contributed by atoms with Crippen molar-refractivity contribution in [1.29, 1.82) is 0 Å². The van der Waals surface area contributed by atoms with Crippen molar-refractivity contribution in [2.24, 2.45) is 0 Å². The molecule has 4 nitrogen and oxygen atoms in total. The minimum atomic E-state index is -5.35. The van der Waals surface area contributed by atoms with Gasteiger partial charge in [-0.05, 0) is 0 Å². The van der Waals surface area contributed by atoms with Gasteiger partial charge < -0.3 is 0 Å². The second kappa shape index (κ2) is 2.88. The zero-order valence-corrected chi connectivity index (χ0v) is 5.97. The Morgan fingerprint density at radius 1 is 1.17 bits per heavy atom. The molecule has 0 aliphatic carbocycles. The summed E-state index contributed by atoms with van der Waals surface area (Å²) in [6, 6.07) is 0. The van der Waals surface area contributed by atoms with Crippen LogP contribution in [-0.2, 0) is 3.02 Å². The van der Waals surface area contributed by atoms with E-state index in [1.165, 1.54) is 0 Å². The molecule has 0 bridgehead atoms. The zero-order chi connectivity index (χ0) is 4.50. The van der Waals surface area contributed by atoms with Gasteiger partial charge in [0.25, 0.3) is 0 Å². The maximum atomic E-state index is 8.97. The minimum absolute atomic E-state index is 0. The molecule has 0 aromatic carbocycles. The van der Waals surface area contributed by atoms with Crippen LogP contribution in [0.5, 0.6) is 0 Å². The third-order valence-corrected chi connectivity index (χ3v) is 0. The SMILES string of the molecule is Cl.[O]=[Sb]([OH])([OH])[OH]. The van der Waals surface area contributed by atoms with E-state index in [4.69, 9.17) is 13.2 Å². The summed E-state index contributed by atoms with van der Waals surface area (Å²) in [5.41, 5.74) is 0. The molecule has 0 radical (unpaired) electrons. The summed E-state index contributed by atoms with van der Waals surface area (Å²) in [6.45, 7) is 0. The van der Waals surface area contributed by atoms with E-state index < -0.39 is 20.1 Å². The van der Waals surface area contributed by atoms with Crippen LogP contribution < -0.4 is 0 Å². The molecular formula is H4ClO4Sb. The molecule has 0 aliphatic rings. The Balaban J connectivity index is 0. The van der Waals surface area contributed by atoms with Crippen LogP contribution in [0.25, 0.3) is 0 Å². The van der Waals surface area contributed by atoms with Crippen LogP contribution in [0.1, 0.15) is 0 Å². The molecule has 0 spiro atoms. The van der Waals surface area contributed by atoms with Crippen molar-refractivity contribution in [2.45, 2.75) is 0 Å². The predicted molar refractivity (Wildman–Crippen MR) is 20.3 cm³/mol. The fraction of sp³-hybridized carbons (Fsp3) is 0. The normalized spacial score (nSPS) is 9.83. The molecular weight excluding hydrogens is 221 g/mol. The topological polar surface area (TPSA) is 77.8 Å². The van der Waals surface area contributed by atoms with Crippen LogP contribution >= 0.6 is 12.4 Å². The second-order valence-corrected chi connectivity index (χ2v) is 3.44. The molecule has 0 fully saturated rings. The van der Waals surface area contributed by atoms with Gasteiger partial charge in [0.15, 0.2) is 0 Å². The molecule has 6 heteroatoms. The summed E-state index contributed by atoms with van der Waals surface area (Å²) in [4.78, 5) is 0. The quantitative estimate of drug-likeness (QED) is 0.427. The van der Waals surface area contributed by atoms with Crippen molar-refractivity contribution in [3.63, 3.8) is 0 Å². The standard InChI is InChI=1S/ClH.3H2O.O.Sb/h1H;3*1H2;;/q;;;;;+3/p-3. The number of rotatable bonds is 0. The van der Waals surface area contributed by atoms with Crippen molar-refractivity contribution in [2.75, 3.05) is 0 Å². The first-order valence-corrected chi connectivity index (χ1v) is 5.25. The Bertz CT molecular complexity index is 53.7. The maximum absolute atomic E-state index is 8.97. The Morgan fingerprint density at radius 3 is 1.17 bits per heavy atom. The van der Waals surface area contributed by atoms with Gasteiger partial charge in [0.1, 0.15) is 0 Å². The summed E-state index contributed by atoms with van der Waals surface area (Å²) in [5.74, 6) is 0. The molecule has 6 heavy (non-hydrogen) atoms. The van der Waals surface area contributed by atoms with Gasteiger partial charge in [-0.1, -0.05) is 0 Å². The fourth-order valence-corrected chi connectivity index (χ4v) is 0. The molecule has 40 valence electrons. The molecule has 0 rings (SSSR count). The molecule has 0 aliphatic heterocycles. The Kier molecular flexibility index (Phi) is 4.76. The van der Waals surface area contributed by atoms with Crippen LogP contribution in [0.15, 0.2) is 0 Å². The van der Waals surface area contributed by atoms with E-state index in [2.05, 4.69) is 0 Å². The fourth-order valence-electron chi connectivity index (χ4n) is 0. The summed E-state index contributed by atoms with van der Waals surface area (Å²) >= 11 is -5.35. The first-order valence-electron chi connectivity index (χ1n) is 0.783. The molecule has 3 N–H and O–H groups in total. The average molecular weight is 225 g/mol. The molecule has 0 amide bonds. The third-order valence-electron chi connectivity index (χ3n) is 0. The molecule has 0 aromatic heterocycles. The first-order chi connectivity index (χ1) is 2.00. The van der Waals surface area contributed by atoms with E-state index in [0.717, 1.165) is 0 Å². The van der Waals surface area contributed by atoms with E-state index in [-0.39, 0.29) is 12.4 Å². The first kappa shape index (κ1) is 9.92. The third kappa shape index (κ3) is 111. The Hall–Kier alpha value is 0.788.